The van der Waals surface area contributed by atoms with Gasteiger partial charge in [-0.3, -0.25) is 4.79 Å². The van der Waals surface area contributed by atoms with Gasteiger partial charge in [-0.15, -0.1) is 12.4 Å². The van der Waals surface area contributed by atoms with E-state index in [-0.39, 0.29) is 23.7 Å². The number of piperidine rings is 1. The van der Waals surface area contributed by atoms with Crippen LogP contribution in [0.15, 0.2) is 0 Å². The lowest BCUT2D eigenvalue weighted by atomic mass is 9.82. The molecule has 2 aliphatic heterocycles. The average Bonchev–Trinajstić information content (AvgIpc) is 2.79. The van der Waals surface area contributed by atoms with E-state index in [0.29, 0.717) is 5.25 Å². The summed E-state index contributed by atoms with van der Waals surface area (Å²) < 4.78 is 0. The molecule has 5 heteroatoms. The van der Waals surface area contributed by atoms with Gasteiger partial charge in [0.25, 0.3) is 0 Å². The molecular formula is C12H23ClN2OS. The Labute approximate surface area is 114 Å². The lowest BCUT2D eigenvalue weighted by Crippen LogP contribution is -2.49. The Balaban J connectivity index is 0.00000144. The molecule has 0 aromatic carbocycles. The van der Waals surface area contributed by atoms with Crippen molar-refractivity contribution in [2.24, 2.45) is 5.41 Å². The molecule has 2 aliphatic rings. The van der Waals surface area contributed by atoms with E-state index in [1.165, 1.54) is 18.6 Å². The minimum absolute atomic E-state index is 0. The maximum atomic E-state index is 12.1. The second-order valence-corrected chi connectivity index (χ2v) is 6.59. The second-order valence-electron chi connectivity index (χ2n) is 5.19. The first-order valence-electron chi connectivity index (χ1n) is 6.31. The lowest BCUT2D eigenvalue weighted by molar-refractivity contribution is -0.131. The van der Waals surface area contributed by atoms with Crippen molar-refractivity contribution < 1.29 is 4.79 Å². The zero-order valence-corrected chi connectivity index (χ0v) is 12.1. The van der Waals surface area contributed by atoms with Crippen LogP contribution in [0.25, 0.3) is 0 Å². The summed E-state index contributed by atoms with van der Waals surface area (Å²) in [6, 6.07) is 0. The van der Waals surface area contributed by atoms with Crippen LogP contribution in [0.3, 0.4) is 0 Å². The fourth-order valence-electron chi connectivity index (χ4n) is 2.48. The minimum Gasteiger partial charge on any atom is -0.354 e. The summed E-state index contributed by atoms with van der Waals surface area (Å²) in [5.74, 6) is 1.51. The van der Waals surface area contributed by atoms with Gasteiger partial charge < -0.3 is 10.6 Å². The van der Waals surface area contributed by atoms with E-state index in [9.17, 15) is 4.79 Å². The Morgan fingerprint density at radius 3 is 2.94 bits per heavy atom. The summed E-state index contributed by atoms with van der Waals surface area (Å²) in [5.41, 5.74) is -0.179. The first kappa shape index (κ1) is 15.1. The molecule has 2 saturated heterocycles. The highest BCUT2D eigenvalue weighted by Crippen LogP contribution is 2.27. The molecule has 17 heavy (non-hydrogen) atoms. The number of nitrogens with one attached hydrogen (secondary N) is 2. The van der Waals surface area contributed by atoms with Crippen molar-refractivity contribution in [1.82, 2.24) is 10.6 Å². The molecule has 3 nitrogen and oxygen atoms in total. The number of carbonyl (C=O) groups is 1. The molecule has 0 aromatic rings. The highest BCUT2D eigenvalue weighted by atomic mass is 35.5. The van der Waals surface area contributed by atoms with Gasteiger partial charge in [-0.05, 0) is 44.9 Å². The molecule has 0 spiro atoms. The number of hydrogen-bond donors (Lipinski definition) is 2. The van der Waals surface area contributed by atoms with E-state index in [1.807, 2.05) is 11.8 Å². The molecule has 2 rings (SSSR count). The van der Waals surface area contributed by atoms with E-state index in [2.05, 4.69) is 17.6 Å². The van der Waals surface area contributed by atoms with Gasteiger partial charge in [0, 0.05) is 18.3 Å². The van der Waals surface area contributed by atoms with Crippen LogP contribution >= 0.6 is 24.2 Å². The summed E-state index contributed by atoms with van der Waals surface area (Å²) >= 11 is 2.00. The number of rotatable bonds is 3. The third kappa shape index (κ3) is 4.04. The Morgan fingerprint density at radius 2 is 2.35 bits per heavy atom. The van der Waals surface area contributed by atoms with Crippen molar-refractivity contribution in [1.29, 1.82) is 0 Å². The number of halogens is 1. The Morgan fingerprint density at radius 1 is 1.53 bits per heavy atom. The van der Waals surface area contributed by atoms with E-state index >= 15 is 0 Å². The standard InChI is InChI=1S/C12H22N2OS.ClH/c1-12(5-3-6-13-9-12)11(15)14-8-10-4-2-7-16-10;/h10,13H,2-9H2,1H3,(H,14,15);1H. The summed E-state index contributed by atoms with van der Waals surface area (Å²) in [6.07, 6.45) is 4.70. The summed E-state index contributed by atoms with van der Waals surface area (Å²) in [7, 11) is 0. The SMILES string of the molecule is CC1(C(=O)NCC2CCCS2)CCCNC1.Cl. The van der Waals surface area contributed by atoms with E-state index in [0.717, 1.165) is 32.5 Å². The van der Waals surface area contributed by atoms with Crippen molar-refractivity contribution >= 4 is 30.1 Å². The predicted octanol–water partition coefficient (Wildman–Crippen LogP) is 1.81. The normalized spacial score (nSPS) is 32.9. The van der Waals surface area contributed by atoms with Crippen LogP contribution in [-0.2, 0) is 4.79 Å². The highest BCUT2D eigenvalue weighted by Gasteiger charge is 2.34. The van der Waals surface area contributed by atoms with Gasteiger partial charge >= 0.3 is 0 Å². The van der Waals surface area contributed by atoms with E-state index in [4.69, 9.17) is 0 Å². The van der Waals surface area contributed by atoms with Crippen LogP contribution in [0, 0.1) is 5.41 Å². The van der Waals surface area contributed by atoms with Crippen LogP contribution in [0.4, 0.5) is 0 Å². The molecule has 100 valence electrons. The number of thioether (sulfide) groups is 1. The number of carbonyl (C=O) groups excluding carboxylic acids is 1. The molecule has 0 aliphatic carbocycles. The Kier molecular flexibility index (Phi) is 6.10. The molecule has 0 saturated carbocycles. The van der Waals surface area contributed by atoms with Crippen molar-refractivity contribution in [3.05, 3.63) is 0 Å². The smallest absolute Gasteiger partial charge is 0.227 e. The maximum absolute atomic E-state index is 12.1. The summed E-state index contributed by atoms with van der Waals surface area (Å²) in [4.78, 5) is 12.1. The fourth-order valence-corrected chi connectivity index (χ4v) is 3.68. The monoisotopic (exact) mass is 278 g/mol. The van der Waals surface area contributed by atoms with Crippen LogP contribution in [-0.4, -0.2) is 36.5 Å². The highest BCUT2D eigenvalue weighted by molar-refractivity contribution is 8.00. The predicted molar refractivity (Wildman–Crippen MR) is 75.9 cm³/mol. The zero-order chi connectivity index (χ0) is 11.4. The lowest BCUT2D eigenvalue weighted by Gasteiger charge is -2.33. The molecule has 0 aromatic heterocycles. The zero-order valence-electron chi connectivity index (χ0n) is 10.5. The first-order valence-corrected chi connectivity index (χ1v) is 7.36. The van der Waals surface area contributed by atoms with Gasteiger partial charge in [0.1, 0.15) is 0 Å². The molecule has 2 heterocycles. The summed E-state index contributed by atoms with van der Waals surface area (Å²) in [6.45, 7) is 4.83. The van der Waals surface area contributed by atoms with Crippen LogP contribution in [0.2, 0.25) is 0 Å². The van der Waals surface area contributed by atoms with Gasteiger partial charge in [-0.25, -0.2) is 0 Å². The molecule has 2 N–H and O–H groups in total. The third-order valence-electron chi connectivity index (χ3n) is 3.66. The number of amides is 1. The van der Waals surface area contributed by atoms with Crippen molar-refractivity contribution in [2.75, 3.05) is 25.4 Å². The number of hydrogen-bond acceptors (Lipinski definition) is 3. The molecule has 2 fully saturated rings. The molecule has 2 atom stereocenters. The Hall–Kier alpha value is 0.0700. The second kappa shape index (κ2) is 6.86. The van der Waals surface area contributed by atoms with Crippen molar-refractivity contribution in [3.63, 3.8) is 0 Å². The molecule has 1 amide bonds. The largest absolute Gasteiger partial charge is 0.354 e. The van der Waals surface area contributed by atoms with Gasteiger partial charge in [-0.1, -0.05) is 0 Å². The van der Waals surface area contributed by atoms with Crippen molar-refractivity contribution in [2.45, 2.75) is 37.9 Å². The van der Waals surface area contributed by atoms with Gasteiger partial charge in [0.05, 0.1) is 5.41 Å². The van der Waals surface area contributed by atoms with Crippen LogP contribution in [0.5, 0.6) is 0 Å². The van der Waals surface area contributed by atoms with E-state index in [1.54, 1.807) is 0 Å². The average molecular weight is 279 g/mol. The topological polar surface area (TPSA) is 41.1 Å². The fraction of sp³-hybridized carbons (Fsp3) is 0.917. The first-order chi connectivity index (χ1) is 7.71. The van der Waals surface area contributed by atoms with Crippen molar-refractivity contribution in [3.8, 4) is 0 Å². The molecule has 0 radical (unpaired) electrons. The van der Waals surface area contributed by atoms with Gasteiger partial charge in [0.2, 0.25) is 5.91 Å². The van der Waals surface area contributed by atoms with Crippen LogP contribution in [0.1, 0.15) is 32.6 Å². The van der Waals surface area contributed by atoms with Gasteiger partial charge in [-0.2, -0.15) is 11.8 Å². The molecule has 2 unspecified atom stereocenters. The van der Waals surface area contributed by atoms with Crippen LogP contribution < -0.4 is 10.6 Å². The molecule has 0 bridgehead atoms. The third-order valence-corrected chi connectivity index (χ3v) is 5.06. The minimum atomic E-state index is -0.179. The van der Waals surface area contributed by atoms with E-state index < -0.39 is 0 Å². The van der Waals surface area contributed by atoms with Gasteiger partial charge in [0.15, 0.2) is 0 Å². The Bertz CT molecular complexity index is 251. The maximum Gasteiger partial charge on any atom is 0.227 e. The molecular weight excluding hydrogens is 256 g/mol. The quantitative estimate of drug-likeness (QED) is 0.827. The summed E-state index contributed by atoms with van der Waals surface area (Å²) in [5, 5.41) is 7.11.